The maximum atomic E-state index is 12.8. The monoisotopic (exact) mass is 386 g/mol. The third-order valence-electron chi connectivity index (χ3n) is 6.27. The third-order valence-corrected chi connectivity index (χ3v) is 7.29. The maximum absolute atomic E-state index is 12.8. The Balaban J connectivity index is 1.37. The molecule has 0 aliphatic carbocycles. The standard InChI is InChI=1S/C19H22N4O3S/c24-18-20-13-2-1-6-22(11-9-25-10-11)8-14(13)23(18)19-21-17-12-5-7-26-15(12)3-4-16(17)27-19/h3-4,11,13-14H,1-2,5-10H2,(H,20,24)/t13-,14+/m0/s1. The van der Waals surface area contributed by atoms with Crippen LogP contribution in [0.4, 0.5) is 9.93 Å². The van der Waals surface area contributed by atoms with E-state index in [0.29, 0.717) is 12.6 Å². The highest BCUT2D eigenvalue weighted by Gasteiger charge is 2.45. The summed E-state index contributed by atoms with van der Waals surface area (Å²) in [6.07, 6.45) is 3.02. The fraction of sp³-hybridized carbons (Fsp3) is 0.579. The van der Waals surface area contributed by atoms with E-state index >= 15 is 0 Å². The molecule has 0 unspecified atom stereocenters. The number of urea groups is 1. The van der Waals surface area contributed by atoms with E-state index in [2.05, 4.69) is 16.3 Å². The minimum Gasteiger partial charge on any atom is -0.493 e. The Morgan fingerprint density at radius 3 is 3.07 bits per heavy atom. The molecule has 3 saturated heterocycles. The van der Waals surface area contributed by atoms with Crippen molar-refractivity contribution in [1.29, 1.82) is 0 Å². The molecular formula is C19H22N4O3S. The van der Waals surface area contributed by atoms with E-state index in [9.17, 15) is 4.79 Å². The number of thiazole rings is 1. The zero-order valence-electron chi connectivity index (χ0n) is 15.0. The Kier molecular flexibility index (Phi) is 3.61. The Morgan fingerprint density at radius 2 is 2.22 bits per heavy atom. The number of amides is 2. The fourth-order valence-corrected chi connectivity index (χ4v) is 5.78. The summed E-state index contributed by atoms with van der Waals surface area (Å²) >= 11 is 1.61. The molecule has 4 aliphatic heterocycles. The zero-order chi connectivity index (χ0) is 18.0. The van der Waals surface area contributed by atoms with Gasteiger partial charge in [0, 0.05) is 18.5 Å². The fourth-order valence-electron chi connectivity index (χ4n) is 4.73. The topological polar surface area (TPSA) is 66.9 Å². The molecule has 2 aromatic rings. The molecule has 2 amide bonds. The van der Waals surface area contributed by atoms with Gasteiger partial charge in [-0.15, -0.1) is 0 Å². The number of anilines is 1. The van der Waals surface area contributed by atoms with Gasteiger partial charge < -0.3 is 14.8 Å². The number of nitrogens with zero attached hydrogens (tertiary/aromatic N) is 3. The largest absolute Gasteiger partial charge is 0.493 e. The van der Waals surface area contributed by atoms with E-state index in [-0.39, 0.29) is 18.1 Å². The molecular weight excluding hydrogens is 364 g/mol. The molecule has 7 nitrogen and oxygen atoms in total. The first kappa shape index (κ1) is 16.1. The van der Waals surface area contributed by atoms with Gasteiger partial charge in [-0.25, -0.2) is 9.78 Å². The Morgan fingerprint density at radius 1 is 1.30 bits per heavy atom. The molecule has 0 spiro atoms. The van der Waals surface area contributed by atoms with Crippen LogP contribution < -0.4 is 15.0 Å². The lowest BCUT2D eigenvalue weighted by Gasteiger charge is -2.38. The third kappa shape index (κ3) is 2.47. The smallest absolute Gasteiger partial charge is 0.324 e. The number of carbonyl (C=O) groups is 1. The van der Waals surface area contributed by atoms with Gasteiger partial charge in [0.15, 0.2) is 5.13 Å². The van der Waals surface area contributed by atoms with Crippen molar-refractivity contribution in [2.75, 3.05) is 37.8 Å². The van der Waals surface area contributed by atoms with Crippen LogP contribution in [0.15, 0.2) is 12.1 Å². The van der Waals surface area contributed by atoms with Crippen LogP contribution in [0.1, 0.15) is 18.4 Å². The highest BCUT2D eigenvalue weighted by atomic mass is 32.1. The van der Waals surface area contributed by atoms with Gasteiger partial charge >= 0.3 is 6.03 Å². The average molecular weight is 386 g/mol. The number of rotatable bonds is 2. The first-order valence-electron chi connectivity index (χ1n) is 9.75. The van der Waals surface area contributed by atoms with Crippen LogP contribution >= 0.6 is 11.3 Å². The van der Waals surface area contributed by atoms with Crippen LogP contribution in [0.3, 0.4) is 0 Å². The quantitative estimate of drug-likeness (QED) is 0.855. The van der Waals surface area contributed by atoms with E-state index in [0.717, 1.165) is 66.7 Å². The number of aromatic nitrogens is 1. The first-order valence-corrected chi connectivity index (χ1v) is 10.6. The van der Waals surface area contributed by atoms with Crippen LogP contribution in [0.25, 0.3) is 10.2 Å². The summed E-state index contributed by atoms with van der Waals surface area (Å²) in [4.78, 5) is 22.2. The molecule has 1 N–H and O–H groups in total. The number of hydrogen-bond acceptors (Lipinski definition) is 6. The van der Waals surface area contributed by atoms with Crippen LogP contribution in [0, 0.1) is 0 Å². The molecule has 0 saturated carbocycles. The lowest BCUT2D eigenvalue weighted by molar-refractivity contribution is -0.0646. The normalized spacial score (nSPS) is 28.4. The van der Waals surface area contributed by atoms with E-state index in [1.807, 2.05) is 11.0 Å². The predicted octanol–water partition coefficient (Wildman–Crippen LogP) is 1.99. The minimum absolute atomic E-state index is 0.0105. The summed E-state index contributed by atoms with van der Waals surface area (Å²) in [6, 6.07) is 4.91. The van der Waals surface area contributed by atoms with E-state index in [1.165, 1.54) is 5.56 Å². The predicted molar refractivity (Wildman–Crippen MR) is 103 cm³/mol. The second-order valence-electron chi connectivity index (χ2n) is 7.81. The number of hydrogen-bond donors (Lipinski definition) is 1. The number of carbonyl (C=O) groups excluding carboxylic acids is 1. The molecule has 27 heavy (non-hydrogen) atoms. The van der Waals surface area contributed by atoms with Crippen LogP contribution in [-0.4, -0.2) is 67.0 Å². The van der Waals surface area contributed by atoms with Crippen molar-refractivity contribution in [1.82, 2.24) is 15.2 Å². The zero-order valence-corrected chi connectivity index (χ0v) is 15.8. The highest BCUT2D eigenvalue weighted by molar-refractivity contribution is 7.22. The summed E-state index contributed by atoms with van der Waals surface area (Å²) in [5.74, 6) is 0.939. The molecule has 6 rings (SSSR count). The van der Waals surface area contributed by atoms with Crippen LogP contribution in [0.2, 0.25) is 0 Å². The highest BCUT2D eigenvalue weighted by Crippen LogP contribution is 2.39. The van der Waals surface area contributed by atoms with Crippen LogP contribution in [-0.2, 0) is 11.2 Å². The van der Waals surface area contributed by atoms with Gasteiger partial charge in [-0.05, 0) is 31.5 Å². The molecule has 0 radical (unpaired) electrons. The van der Waals surface area contributed by atoms with Crippen molar-refractivity contribution in [3.8, 4) is 5.75 Å². The summed E-state index contributed by atoms with van der Waals surface area (Å²) in [6.45, 7) is 4.30. The number of likely N-dealkylation sites (tertiary alicyclic amines) is 1. The van der Waals surface area contributed by atoms with Crippen molar-refractivity contribution in [2.45, 2.75) is 37.4 Å². The Hall–Kier alpha value is -1.90. The summed E-state index contributed by atoms with van der Waals surface area (Å²) in [5, 5.41) is 4.02. The number of fused-ring (bicyclic) bond motifs is 4. The SMILES string of the molecule is O=C1N[C@H]2CCCN(C3COC3)C[C@H]2N1c1nc2c3c(ccc2s1)OCC3. The summed E-state index contributed by atoms with van der Waals surface area (Å²) < 4.78 is 12.2. The second-order valence-corrected chi connectivity index (χ2v) is 8.81. The van der Waals surface area contributed by atoms with Gasteiger partial charge in [-0.1, -0.05) is 11.3 Å². The molecule has 2 atom stereocenters. The Bertz CT molecular complexity index is 912. The lowest BCUT2D eigenvalue weighted by Crippen LogP contribution is -2.54. The van der Waals surface area contributed by atoms with Crippen molar-refractivity contribution in [2.24, 2.45) is 0 Å². The van der Waals surface area contributed by atoms with E-state index in [1.54, 1.807) is 11.3 Å². The van der Waals surface area contributed by atoms with Gasteiger partial charge in [-0.2, -0.15) is 0 Å². The molecule has 1 aromatic carbocycles. The Labute approximate surface area is 161 Å². The van der Waals surface area contributed by atoms with Gasteiger partial charge in [0.2, 0.25) is 0 Å². The molecule has 142 valence electrons. The van der Waals surface area contributed by atoms with Crippen molar-refractivity contribution >= 4 is 32.7 Å². The van der Waals surface area contributed by atoms with E-state index < -0.39 is 0 Å². The minimum atomic E-state index is -0.0105. The second kappa shape index (κ2) is 6.05. The van der Waals surface area contributed by atoms with Crippen molar-refractivity contribution in [3.05, 3.63) is 17.7 Å². The van der Waals surface area contributed by atoms with E-state index in [4.69, 9.17) is 14.5 Å². The molecule has 1 aromatic heterocycles. The van der Waals surface area contributed by atoms with Gasteiger partial charge in [0.1, 0.15) is 5.75 Å². The average Bonchev–Trinajstić information content (AvgIpc) is 3.27. The van der Waals surface area contributed by atoms with Gasteiger partial charge in [0.05, 0.1) is 48.2 Å². The molecule has 5 heterocycles. The molecule has 4 aliphatic rings. The van der Waals surface area contributed by atoms with Crippen molar-refractivity contribution in [3.63, 3.8) is 0 Å². The van der Waals surface area contributed by atoms with Gasteiger partial charge in [0.25, 0.3) is 0 Å². The first-order chi connectivity index (χ1) is 13.3. The summed E-state index contributed by atoms with van der Waals surface area (Å²) in [5.41, 5.74) is 2.18. The number of ether oxygens (including phenoxy) is 2. The number of nitrogens with one attached hydrogen (secondary N) is 1. The maximum Gasteiger partial charge on any atom is 0.324 e. The number of benzene rings is 1. The molecule has 0 bridgehead atoms. The van der Waals surface area contributed by atoms with Crippen LogP contribution in [0.5, 0.6) is 5.75 Å². The van der Waals surface area contributed by atoms with Crippen molar-refractivity contribution < 1.29 is 14.3 Å². The molecule has 3 fully saturated rings. The lowest BCUT2D eigenvalue weighted by atomic mass is 10.1. The molecule has 8 heteroatoms. The summed E-state index contributed by atoms with van der Waals surface area (Å²) in [7, 11) is 0. The van der Waals surface area contributed by atoms with Gasteiger partial charge in [-0.3, -0.25) is 9.80 Å².